The van der Waals surface area contributed by atoms with Gasteiger partial charge in [0.1, 0.15) is 5.56 Å². The van der Waals surface area contributed by atoms with Crippen molar-refractivity contribution in [2.24, 2.45) is 5.73 Å². The second kappa shape index (κ2) is 3.24. The molecular weight excluding hydrogens is 192 g/mol. The van der Waals surface area contributed by atoms with Crippen LogP contribution in [0.5, 0.6) is 0 Å². The molecule has 1 aromatic heterocycles. The first-order valence-corrected chi connectivity index (χ1v) is 4.51. The van der Waals surface area contributed by atoms with Crippen LogP contribution in [0.3, 0.4) is 0 Å². The molecule has 15 heavy (non-hydrogen) atoms. The Kier molecular flexibility index (Phi) is 2.04. The van der Waals surface area contributed by atoms with E-state index in [1.54, 1.807) is 12.1 Å². The van der Waals surface area contributed by atoms with Gasteiger partial charge in [-0.15, -0.1) is 0 Å². The first-order chi connectivity index (χ1) is 7.09. The molecule has 0 atom stereocenters. The number of primary amides is 1. The number of amides is 1. The van der Waals surface area contributed by atoms with Crippen LogP contribution < -0.4 is 11.2 Å². The summed E-state index contributed by atoms with van der Waals surface area (Å²) in [6.07, 6.45) is 1.35. The van der Waals surface area contributed by atoms with Crippen LogP contribution in [0.25, 0.3) is 10.9 Å². The van der Waals surface area contributed by atoms with Gasteiger partial charge in [0.15, 0.2) is 0 Å². The minimum Gasteiger partial charge on any atom is -0.365 e. The molecule has 0 spiro atoms. The summed E-state index contributed by atoms with van der Waals surface area (Å²) in [6, 6.07) is 5.43. The van der Waals surface area contributed by atoms with Crippen molar-refractivity contribution < 1.29 is 4.79 Å². The Balaban J connectivity index is 2.89. The van der Waals surface area contributed by atoms with Gasteiger partial charge in [0.2, 0.25) is 5.43 Å². The van der Waals surface area contributed by atoms with Gasteiger partial charge >= 0.3 is 0 Å². The van der Waals surface area contributed by atoms with Crippen LogP contribution in [0.15, 0.2) is 29.2 Å². The summed E-state index contributed by atoms with van der Waals surface area (Å²) in [5.41, 5.74) is 6.43. The van der Waals surface area contributed by atoms with E-state index >= 15 is 0 Å². The van der Waals surface area contributed by atoms with Gasteiger partial charge in [-0.05, 0) is 19.1 Å². The highest BCUT2D eigenvalue weighted by Gasteiger charge is 2.09. The monoisotopic (exact) mass is 202 g/mol. The number of H-pyrrole nitrogens is 1. The van der Waals surface area contributed by atoms with E-state index in [0.717, 1.165) is 5.56 Å². The molecule has 76 valence electrons. The highest BCUT2D eigenvalue weighted by atomic mass is 16.2. The summed E-state index contributed by atoms with van der Waals surface area (Å²) in [4.78, 5) is 25.6. The first-order valence-electron chi connectivity index (χ1n) is 4.51. The van der Waals surface area contributed by atoms with Crippen molar-refractivity contribution in [2.75, 3.05) is 0 Å². The zero-order valence-electron chi connectivity index (χ0n) is 8.20. The number of hydrogen-bond acceptors (Lipinski definition) is 2. The van der Waals surface area contributed by atoms with Crippen molar-refractivity contribution in [3.8, 4) is 0 Å². The van der Waals surface area contributed by atoms with E-state index < -0.39 is 5.91 Å². The molecule has 0 bridgehead atoms. The maximum absolute atomic E-state index is 11.8. The fourth-order valence-corrected chi connectivity index (χ4v) is 1.52. The third-order valence-electron chi connectivity index (χ3n) is 2.30. The predicted octanol–water partition coefficient (Wildman–Crippen LogP) is 0.935. The molecule has 0 saturated carbocycles. The summed E-state index contributed by atoms with van der Waals surface area (Å²) in [5, 5.41) is 0.492. The Hall–Kier alpha value is -2.10. The number of rotatable bonds is 1. The molecule has 3 N–H and O–H groups in total. The van der Waals surface area contributed by atoms with Gasteiger partial charge in [-0.1, -0.05) is 11.6 Å². The van der Waals surface area contributed by atoms with Crippen LogP contribution in [-0.2, 0) is 0 Å². The van der Waals surface area contributed by atoms with Gasteiger partial charge in [-0.25, -0.2) is 0 Å². The van der Waals surface area contributed by atoms with E-state index in [2.05, 4.69) is 4.98 Å². The quantitative estimate of drug-likeness (QED) is 0.721. The van der Waals surface area contributed by atoms with Crippen LogP contribution in [-0.4, -0.2) is 10.9 Å². The van der Waals surface area contributed by atoms with Crippen LogP contribution in [0, 0.1) is 6.92 Å². The summed E-state index contributed by atoms with van der Waals surface area (Å²) >= 11 is 0. The first kappa shape index (κ1) is 9.45. The predicted molar refractivity (Wildman–Crippen MR) is 57.8 cm³/mol. The van der Waals surface area contributed by atoms with E-state index in [9.17, 15) is 9.59 Å². The molecule has 2 rings (SSSR count). The fraction of sp³-hybridized carbons (Fsp3) is 0.0909. The van der Waals surface area contributed by atoms with Gasteiger partial charge in [0.25, 0.3) is 5.91 Å². The third kappa shape index (κ3) is 1.50. The number of fused-ring (bicyclic) bond motifs is 1. The Morgan fingerprint density at radius 2 is 2.13 bits per heavy atom. The van der Waals surface area contributed by atoms with Crippen molar-refractivity contribution in [1.29, 1.82) is 0 Å². The Bertz CT molecular complexity index is 599. The van der Waals surface area contributed by atoms with Crippen LogP contribution in [0.2, 0.25) is 0 Å². The number of nitrogens with two attached hydrogens (primary N) is 1. The number of hydrogen-bond donors (Lipinski definition) is 2. The zero-order chi connectivity index (χ0) is 11.0. The number of carbonyl (C=O) groups is 1. The van der Waals surface area contributed by atoms with Crippen molar-refractivity contribution in [3.05, 3.63) is 45.7 Å². The molecule has 4 nitrogen and oxygen atoms in total. The minimum atomic E-state index is -0.709. The molecule has 0 aliphatic carbocycles. The summed E-state index contributed by atoms with van der Waals surface area (Å²) in [5.74, 6) is -0.709. The number of aryl methyl sites for hydroxylation is 1. The van der Waals surface area contributed by atoms with Gasteiger partial charge < -0.3 is 10.7 Å². The molecule has 2 aromatic rings. The highest BCUT2D eigenvalue weighted by molar-refractivity contribution is 5.96. The molecule has 1 amide bonds. The van der Waals surface area contributed by atoms with Crippen LogP contribution in [0.4, 0.5) is 0 Å². The molecule has 0 radical (unpaired) electrons. The molecule has 4 heteroatoms. The highest BCUT2D eigenvalue weighted by Crippen LogP contribution is 2.09. The normalized spacial score (nSPS) is 10.5. The molecule has 0 unspecified atom stereocenters. The van der Waals surface area contributed by atoms with Gasteiger partial charge in [0, 0.05) is 17.1 Å². The maximum atomic E-state index is 11.8. The number of aromatic nitrogens is 1. The lowest BCUT2D eigenvalue weighted by atomic mass is 10.1. The average molecular weight is 202 g/mol. The molecule has 1 heterocycles. The SMILES string of the molecule is Cc1ccc2[nH]cc(C(N)=O)c(=O)c2c1. The van der Waals surface area contributed by atoms with E-state index in [0.29, 0.717) is 10.9 Å². The molecule has 0 fully saturated rings. The van der Waals surface area contributed by atoms with E-state index in [4.69, 9.17) is 5.73 Å². The van der Waals surface area contributed by atoms with E-state index in [1.165, 1.54) is 6.20 Å². The molecular formula is C11H10N2O2. The largest absolute Gasteiger partial charge is 0.365 e. The van der Waals surface area contributed by atoms with Gasteiger partial charge in [-0.2, -0.15) is 0 Å². The molecule has 0 saturated heterocycles. The van der Waals surface area contributed by atoms with Gasteiger partial charge in [-0.3, -0.25) is 9.59 Å². The second-order valence-corrected chi connectivity index (χ2v) is 3.44. The smallest absolute Gasteiger partial charge is 0.254 e. The van der Waals surface area contributed by atoms with Gasteiger partial charge in [0.05, 0.1) is 0 Å². The van der Waals surface area contributed by atoms with Crippen LogP contribution in [0.1, 0.15) is 15.9 Å². The van der Waals surface area contributed by atoms with Crippen molar-refractivity contribution in [2.45, 2.75) is 6.92 Å². The number of nitrogens with one attached hydrogen (secondary N) is 1. The number of benzene rings is 1. The topological polar surface area (TPSA) is 76.0 Å². The molecule has 1 aromatic carbocycles. The third-order valence-corrected chi connectivity index (χ3v) is 2.30. The lowest BCUT2D eigenvalue weighted by molar-refractivity contribution is 0.0999. The Morgan fingerprint density at radius 3 is 2.80 bits per heavy atom. The number of aromatic amines is 1. The lowest BCUT2D eigenvalue weighted by Crippen LogP contribution is -2.22. The lowest BCUT2D eigenvalue weighted by Gasteiger charge is -2.01. The number of pyridine rings is 1. The zero-order valence-corrected chi connectivity index (χ0v) is 8.20. The maximum Gasteiger partial charge on any atom is 0.254 e. The number of carbonyl (C=O) groups excluding carboxylic acids is 1. The summed E-state index contributed by atoms with van der Waals surface area (Å²) in [7, 11) is 0. The minimum absolute atomic E-state index is 0.00639. The Morgan fingerprint density at radius 1 is 1.40 bits per heavy atom. The van der Waals surface area contributed by atoms with E-state index in [1.807, 2.05) is 13.0 Å². The standard InChI is InChI=1S/C11H10N2O2/c1-6-2-3-9-7(4-6)10(14)8(5-13-9)11(12)15/h2-5H,1H3,(H2,12,15)(H,13,14). The summed E-state index contributed by atoms with van der Waals surface area (Å²) in [6.45, 7) is 1.88. The Labute approximate surface area is 85.7 Å². The van der Waals surface area contributed by atoms with Crippen LogP contribution >= 0.6 is 0 Å². The van der Waals surface area contributed by atoms with Crippen molar-refractivity contribution in [1.82, 2.24) is 4.98 Å². The average Bonchev–Trinajstić information content (AvgIpc) is 2.19. The second-order valence-electron chi connectivity index (χ2n) is 3.44. The molecule has 0 aliphatic rings. The fourth-order valence-electron chi connectivity index (χ4n) is 1.52. The van der Waals surface area contributed by atoms with Crippen molar-refractivity contribution in [3.63, 3.8) is 0 Å². The molecule has 0 aliphatic heterocycles. The van der Waals surface area contributed by atoms with E-state index in [-0.39, 0.29) is 11.0 Å². The van der Waals surface area contributed by atoms with Crippen molar-refractivity contribution >= 4 is 16.8 Å². The summed E-state index contributed by atoms with van der Waals surface area (Å²) < 4.78 is 0.